The molecule has 0 bridgehead atoms. The van der Waals surface area contributed by atoms with Crippen LogP contribution >= 0.6 is 0 Å². The van der Waals surface area contributed by atoms with Crippen molar-refractivity contribution in [2.75, 3.05) is 13.6 Å². The Bertz CT molecular complexity index is 229. The predicted molar refractivity (Wildman–Crippen MR) is 59.6 cm³/mol. The van der Waals surface area contributed by atoms with Gasteiger partial charge in [-0.2, -0.15) is 0 Å². The minimum Gasteiger partial charge on any atom is -0.481 e. The molecular weight excluding hydrogens is 192 g/mol. The SMILES string of the molecule is CC(C(=O)O)C(C)N(C)C(CN)C1CC1. The number of carboxylic acids is 1. The minimum atomic E-state index is -0.735. The first-order valence-corrected chi connectivity index (χ1v) is 5.63. The van der Waals surface area contributed by atoms with Crippen molar-refractivity contribution in [3.05, 3.63) is 0 Å². The Morgan fingerprint density at radius 2 is 2.07 bits per heavy atom. The molecule has 3 atom stereocenters. The summed E-state index contributed by atoms with van der Waals surface area (Å²) in [5.74, 6) is -0.396. The van der Waals surface area contributed by atoms with Crippen molar-refractivity contribution in [3.8, 4) is 0 Å². The molecule has 3 N–H and O–H groups in total. The van der Waals surface area contributed by atoms with E-state index in [2.05, 4.69) is 4.90 Å². The highest BCUT2D eigenvalue weighted by Gasteiger charge is 2.36. The molecule has 0 aliphatic heterocycles. The number of hydrogen-bond donors (Lipinski definition) is 2. The molecule has 3 unspecified atom stereocenters. The molecule has 0 aromatic rings. The van der Waals surface area contributed by atoms with E-state index >= 15 is 0 Å². The molecule has 1 fully saturated rings. The third-order valence-corrected chi connectivity index (χ3v) is 3.69. The van der Waals surface area contributed by atoms with Gasteiger partial charge < -0.3 is 10.8 Å². The maximum absolute atomic E-state index is 10.9. The van der Waals surface area contributed by atoms with Gasteiger partial charge in [-0.25, -0.2) is 0 Å². The quantitative estimate of drug-likeness (QED) is 0.685. The lowest BCUT2D eigenvalue weighted by Gasteiger charge is -2.34. The van der Waals surface area contributed by atoms with Crippen molar-refractivity contribution < 1.29 is 9.90 Å². The molecule has 4 nitrogen and oxygen atoms in total. The lowest BCUT2D eigenvalue weighted by Crippen LogP contribution is -2.48. The Hall–Kier alpha value is -0.610. The van der Waals surface area contributed by atoms with Crippen LogP contribution in [0.15, 0.2) is 0 Å². The highest BCUT2D eigenvalue weighted by Crippen LogP contribution is 2.35. The number of nitrogens with zero attached hydrogens (tertiary/aromatic N) is 1. The van der Waals surface area contributed by atoms with Gasteiger partial charge in [0.15, 0.2) is 0 Å². The molecule has 4 heteroatoms. The number of carboxylic acid groups (broad SMARTS) is 1. The normalized spacial score (nSPS) is 22.5. The number of rotatable bonds is 6. The van der Waals surface area contributed by atoms with Gasteiger partial charge in [0.1, 0.15) is 0 Å². The first kappa shape index (κ1) is 12.5. The average molecular weight is 214 g/mol. The van der Waals surface area contributed by atoms with Gasteiger partial charge in [0.05, 0.1) is 5.92 Å². The van der Waals surface area contributed by atoms with E-state index in [4.69, 9.17) is 10.8 Å². The summed E-state index contributed by atoms with van der Waals surface area (Å²) in [6, 6.07) is 0.387. The summed E-state index contributed by atoms with van der Waals surface area (Å²) < 4.78 is 0. The number of aliphatic carboxylic acids is 1. The number of nitrogens with two attached hydrogens (primary N) is 1. The fraction of sp³-hybridized carbons (Fsp3) is 0.909. The molecule has 0 aromatic carbocycles. The van der Waals surface area contributed by atoms with Gasteiger partial charge in [-0.3, -0.25) is 9.69 Å². The molecular formula is C11H22N2O2. The second-order valence-corrected chi connectivity index (χ2v) is 4.67. The molecule has 0 saturated heterocycles. The molecule has 1 aliphatic carbocycles. The van der Waals surface area contributed by atoms with Crippen LogP contribution in [0.4, 0.5) is 0 Å². The third-order valence-electron chi connectivity index (χ3n) is 3.69. The van der Waals surface area contributed by atoms with E-state index < -0.39 is 5.97 Å². The van der Waals surface area contributed by atoms with Gasteiger partial charge in [0, 0.05) is 18.6 Å². The van der Waals surface area contributed by atoms with Crippen LogP contribution in [-0.4, -0.2) is 41.7 Å². The van der Waals surface area contributed by atoms with E-state index in [0.717, 1.165) is 0 Å². The van der Waals surface area contributed by atoms with Crippen LogP contribution in [0, 0.1) is 11.8 Å². The van der Waals surface area contributed by atoms with Crippen LogP contribution in [0.5, 0.6) is 0 Å². The van der Waals surface area contributed by atoms with Gasteiger partial charge in [-0.05, 0) is 32.7 Å². The Kier molecular flexibility index (Phi) is 4.11. The van der Waals surface area contributed by atoms with E-state index in [-0.39, 0.29) is 12.0 Å². The fourth-order valence-electron chi connectivity index (χ4n) is 2.03. The Morgan fingerprint density at radius 1 is 1.53 bits per heavy atom. The van der Waals surface area contributed by atoms with Crippen molar-refractivity contribution in [1.29, 1.82) is 0 Å². The molecule has 0 amide bonds. The van der Waals surface area contributed by atoms with Crippen LogP contribution in [-0.2, 0) is 4.79 Å². The van der Waals surface area contributed by atoms with E-state index in [1.807, 2.05) is 14.0 Å². The zero-order valence-electron chi connectivity index (χ0n) is 9.81. The van der Waals surface area contributed by atoms with Crippen molar-refractivity contribution in [3.63, 3.8) is 0 Å². The van der Waals surface area contributed by atoms with E-state index in [1.54, 1.807) is 6.92 Å². The van der Waals surface area contributed by atoms with Crippen molar-refractivity contribution in [2.24, 2.45) is 17.6 Å². The minimum absolute atomic E-state index is 0.0386. The molecule has 1 aliphatic rings. The molecule has 0 radical (unpaired) electrons. The van der Waals surface area contributed by atoms with Crippen molar-refractivity contribution in [1.82, 2.24) is 4.90 Å². The molecule has 0 spiro atoms. The molecule has 1 saturated carbocycles. The van der Waals surface area contributed by atoms with Crippen LogP contribution in [0.2, 0.25) is 0 Å². The van der Waals surface area contributed by atoms with Crippen LogP contribution in [0.1, 0.15) is 26.7 Å². The van der Waals surface area contributed by atoms with E-state index in [1.165, 1.54) is 12.8 Å². The van der Waals surface area contributed by atoms with Crippen LogP contribution in [0.3, 0.4) is 0 Å². The summed E-state index contributed by atoms with van der Waals surface area (Å²) >= 11 is 0. The third kappa shape index (κ3) is 2.92. The van der Waals surface area contributed by atoms with E-state index in [9.17, 15) is 4.79 Å². The predicted octanol–water partition coefficient (Wildman–Crippen LogP) is 0.765. The molecule has 15 heavy (non-hydrogen) atoms. The maximum Gasteiger partial charge on any atom is 0.307 e. The van der Waals surface area contributed by atoms with Gasteiger partial charge in [0.25, 0.3) is 0 Å². The fourth-order valence-corrected chi connectivity index (χ4v) is 2.03. The molecule has 0 aromatic heterocycles. The lowest BCUT2D eigenvalue weighted by atomic mass is 10.00. The van der Waals surface area contributed by atoms with Gasteiger partial charge in [-0.15, -0.1) is 0 Å². The smallest absolute Gasteiger partial charge is 0.307 e. The van der Waals surface area contributed by atoms with Gasteiger partial charge >= 0.3 is 5.97 Å². The first-order valence-electron chi connectivity index (χ1n) is 5.63. The Labute approximate surface area is 91.4 Å². The second-order valence-electron chi connectivity index (χ2n) is 4.67. The first-order chi connectivity index (χ1) is 6.99. The number of carbonyl (C=O) groups is 1. The average Bonchev–Trinajstić information content (AvgIpc) is 3.00. The van der Waals surface area contributed by atoms with Crippen LogP contribution < -0.4 is 5.73 Å². The zero-order valence-corrected chi connectivity index (χ0v) is 9.81. The maximum atomic E-state index is 10.9. The standard InChI is InChI=1S/C11H22N2O2/c1-7(11(14)15)8(2)13(3)10(6-12)9-4-5-9/h7-10H,4-6,12H2,1-3H3,(H,14,15). The number of hydrogen-bond acceptors (Lipinski definition) is 3. The van der Waals surface area contributed by atoms with E-state index in [0.29, 0.717) is 18.5 Å². The molecule has 0 heterocycles. The Balaban J connectivity index is 2.56. The van der Waals surface area contributed by atoms with Crippen molar-refractivity contribution in [2.45, 2.75) is 38.8 Å². The summed E-state index contributed by atoms with van der Waals surface area (Å²) in [5, 5.41) is 8.95. The van der Waals surface area contributed by atoms with Gasteiger partial charge in [-0.1, -0.05) is 6.92 Å². The summed E-state index contributed by atoms with van der Waals surface area (Å²) in [7, 11) is 1.99. The van der Waals surface area contributed by atoms with Crippen LogP contribution in [0.25, 0.3) is 0 Å². The largest absolute Gasteiger partial charge is 0.481 e. The summed E-state index contributed by atoms with van der Waals surface area (Å²) in [5.41, 5.74) is 5.74. The second kappa shape index (κ2) is 4.94. The summed E-state index contributed by atoms with van der Waals surface area (Å²) in [4.78, 5) is 13.0. The molecule has 1 rings (SSSR count). The monoisotopic (exact) mass is 214 g/mol. The number of likely N-dealkylation sites (N-methyl/N-ethyl adjacent to an activating group) is 1. The lowest BCUT2D eigenvalue weighted by molar-refractivity contribution is -0.143. The van der Waals surface area contributed by atoms with Crippen molar-refractivity contribution >= 4 is 5.97 Å². The van der Waals surface area contributed by atoms with Gasteiger partial charge in [0.2, 0.25) is 0 Å². The summed E-state index contributed by atoms with van der Waals surface area (Å²) in [6.07, 6.45) is 2.47. The molecule has 88 valence electrons. The topological polar surface area (TPSA) is 66.6 Å². The highest BCUT2D eigenvalue weighted by molar-refractivity contribution is 5.70. The summed E-state index contributed by atoms with van der Waals surface area (Å²) in [6.45, 7) is 4.34. The zero-order chi connectivity index (χ0) is 11.6. The Morgan fingerprint density at radius 3 is 2.40 bits per heavy atom. The highest BCUT2D eigenvalue weighted by atomic mass is 16.4.